The van der Waals surface area contributed by atoms with Gasteiger partial charge in [-0.3, -0.25) is 4.79 Å². The van der Waals surface area contributed by atoms with E-state index in [9.17, 15) is 26.4 Å². The van der Waals surface area contributed by atoms with Crippen LogP contribution in [0.25, 0.3) is 11.0 Å². The molecule has 30 heavy (non-hydrogen) atoms. The third kappa shape index (κ3) is 2.68. The fourth-order valence-electron chi connectivity index (χ4n) is 4.00. The second-order valence-corrected chi connectivity index (χ2v) is 8.90. The van der Waals surface area contributed by atoms with Gasteiger partial charge in [0.1, 0.15) is 11.6 Å². The molecule has 0 aliphatic carbocycles. The Bertz CT molecular complexity index is 1340. The molecule has 0 saturated heterocycles. The molecule has 2 bridgehead atoms. The average molecular weight is 458 g/mol. The van der Waals surface area contributed by atoms with Gasteiger partial charge in [-0.15, -0.1) is 0 Å². The molecule has 1 amide bonds. The Morgan fingerprint density at radius 2 is 2.00 bits per heavy atom. The van der Waals surface area contributed by atoms with Crippen molar-refractivity contribution in [3.8, 4) is 5.75 Å². The van der Waals surface area contributed by atoms with Gasteiger partial charge in [-0.1, -0.05) is 17.7 Å². The van der Waals surface area contributed by atoms with Crippen LogP contribution < -0.4 is 9.50 Å². The monoisotopic (exact) mass is 457 g/mol. The van der Waals surface area contributed by atoms with Crippen LogP contribution in [0.15, 0.2) is 36.4 Å². The molecule has 0 saturated carbocycles. The summed E-state index contributed by atoms with van der Waals surface area (Å²) in [5.74, 6) is -0.284. The van der Waals surface area contributed by atoms with Gasteiger partial charge in [0, 0.05) is 22.2 Å². The molecule has 0 unspecified atom stereocenters. The van der Waals surface area contributed by atoms with E-state index >= 15 is 0 Å². The van der Waals surface area contributed by atoms with Crippen molar-refractivity contribution in [1.82, 2.24) is 14.9 Å². The highest BCUT2D eigenvalue weighted by atomic mass is 35.5. The molecule has 2 aromatic carbocycles. The van der Waals surface area contributed by atoms with Crippen molar-refractivity contribution < 1.29 is 30.6 Å². The molecular formula is C18H11ClF3N3O4S. The molecule has 12 heteroatoms. The smallest absolute Gasteiger partial charge is 0.376 e. The molecule has 5 rings (SSSR count). The van der Waals surface area contributed by atoms with E-state index in [2.05, 4.69) is 14.5 Å². The molecule has 2 aliphatic heterocycles. The maximum atomic E-state index is 12.7. The predicted molar refractivity (Wildman–Crippen MR) is 99.8 cm³/mol. The SMILES string of the molecule is O=C1N[C@@H]2C[C@H](c3c(Cl)cccc31)n1c2nc2ccc(OS(=O)(=O)C(F)(F)F)cc21. The molecule has 2 atom stereocenters. The number of fused-ring (bicyclic) bond motifs is 9. The van der Waals surface area contributed by atoms with Crippen LogP contribution in [0.5, 0.6) is 5.75 Å². The number of benzene rings is 2. The molecule has 1 aromatic heterocycles. The zero-order valence-corrected chi connectivity index (χ0v) is 16.3. The zero-order chi connectivity index (χ0) is 21.4. The highest BCUT2D eigenvalue weighted by Gasteiger charge is 2.48. The Hall–Kier alpha value is -2.79. The first-order chi connectivity index (χ1) is 14.1. The van der Waals surface area contributed by atoms with Crippen LogP contribution in [0.1, 0.15) is 40.3 Å². The number of carbonyl (C=O) groups is 1. The summed E-state index contributed by atoms with van der Waals surface area (Å²) in [7, 11) is -5.81. The van der Waals surface area contributed by atoms with E-state index in [-0.39, 0.29) is 5.91 Å². The van der Waals surface area contributed by atoms with E-state index in [0.29, 0.717) is 39.4 Å². The average Bonchev–Trinajstić information content (AvgIpc) is 3.13. The second-order valence-electron chi connectivity index (χ2n) is 6.95. The van der Waals surface area contributed by atoms with Crippen LogP contribution in [-0.4, -0.2) is 29.4 Å². The van der Waals surface area contributed by atoms with Gasteiger partial charge in [-0.05, 0) is 30.7 Å². The molecule has 0 fully saturated rings. The van der Waals surface area contributed by atoms with E-state index in [4.69, 9.17) is 11.6 Å². The second kappa shape index (κ2) is 6.11. The Morgan fingerprint density at radius 1 is 1.23 bits per heavy atom. The first kappa shape index (κ1) is 19.2. The predicted octanol–water partition coefficient (Wildman–Crippen LogP) is 3.70. The number of halogens is 4. The maximum absolute atomic E-state index is 12.7. The fourth-order valence-corrected chi connectivity index (χ4v) is 4.76. The Morgan fingerprint density at radius 3 is 2.73 bits per heavy atom. The van der Waals surface area contributed by atoms with E-state index < -0.39 is 33.5 Å². The number of hydrogen-bond acceptors (Lipinski definition) is 5. The van der Waals surface area contributed by atoms with Crippen molar-refractivity contribution in [3.05, 3.63) is 58.4 Å². The van der Waals surface area contributed by atoms with Gasteiger partial charge < -0.3 is 14.1 Å². The summed E-state index contributed by atoms with van der Waals surface area (Å²) in [6, 6.07) is 7.75. The topological polar surface area (TPSA) is 90.3 Å². The van der Waals surface area contributed by atoms with Gasteiger partial charge in [0.25, 0.3) is 5.91 Å². The number of imidazole rings is 1. The lowest BCUT2D eigenvalue weighted by atomic mass is 9.99. The Kier molecular flexibility index (Phi) is 3.91. The number of alkyl halides is 3. The molecule has 7 nitrogen and oxygen atoms in total. The molecule has 0 spiro atoms. The van der Waals surface area contributed by atoms with Gasteiger partial charge in [-0.25, -0.2) is 4.98 Å². The van der Waals surface area contributed by atoms with Crippen LogP contribution >= 0.6 is 11.6 Å². The summed E-state index contributed by atoms with van der Waals surface area (Å²) in [6.07, 6.45) is 0.451. The summed E-state index contributed by atoms with van der Waals surface area (Å²) in [5, 5.41) is 3.26. The van der Waals surface area contributed by atoms with Crippen molar-refractivity contribution in [2.24, 2.45) is 0 Å². The van der Waals surface area contributed by atoms with Crippen molar-refractivity contribution >= 4 is 38.7 Å². The fraction of sp³-hybridized carbons (Fsp3) is 0.222. The van der Waals surface area contributed by atoms with Crippen molar-refractivity contribution in [3.63, 3.8) is 0 Å². The third-order valence-electron chi connectivity index (χ3n) is 5.20. The minimum absolute atomic E-state index is 0.293. The van der Waals surface area contributed by atoms with Crippen LogP contribution in [0, 0.1) is 0 Å². The van der Waals surface area contributed by atoms with E-state index in [1.807, 2.05) is 0 Å². The normalized spacial score (nSPS) is 20.5. The first-order valence-electron chi connectivity index (χ1n) is 8.69. The lowest BCUT2D eigenvalue weighted by molar-refractivity contribution is -0.0500. The van der Waals surface area contributed by atoms with Gasteiger partial charge in [0.15, 0.2) is 0 Å². The van der Waals surface area contributed by atoms with Crippen molar-refractivity contribution in [1.29, 1.82) is 0 Å². The van der Waals surface area contributed by atoms with Gasteiger partial charge >= 0.3 is 15.6 Å². The molecule has 1 N–H and O–H groups in total. The number of amides is 1. The highest BCUT2D eigenvalue weighted by Crippen LogP contribution is 2.46. The van der Waals surface area contributed by atoms with Gasteiger partial charge in [-0.2, -0.15) is 21.6 Å². The standard InChI is InChI=1S/C18H11ClF3N3O4S/c19-10-3-1-2-9-15(10)14-7-12(24-17(9)26)16-23-11-5-4-8(6-13(11)25(14)16)29-30(27,28)18(20,21)22/h1-6,12,14H,7H2,(H,24,26)/t12-,14-/m1/s1. The van der Waals surface area contributed by atoms with Crippen LogP contribution in [0.4, 0.5) is 13.2 Å². The molecule has 3 heterocycles. The number of rotatable bonds is 2. The van der Waals surface area contributed by atoms with Crippen LogP contribution in [-0.2, 0) is 10.1 Å². The van der Waals surface area contributed by atoms with E-state index in [0.717, 1.165) is 6.07 Å². The molecule has 2 aliphatic rings. The number of aromatic nitrogens is 2. The van der Waals surface area contributed by atoms with E-state index in [1.165, 1.54) is 12.1 Å². The lowest BCUT2D eigenvalue weighted by Gasteiger charge is -2.19. The molecule has 156 valence electrons. The summed E-state index contributed by atoms with van der Waals surface area (Å²) in [5.41, 5.74) is -3.79. The van der Waals surface area contributed by atoms with E-state index in [1.54, 1.807) is 22.8 Å². The lowest BCUT2D eigenvalue weighted by Crippen LogP contribution is -2.28. The number of hydrogen-bond donors (Lipinski definition) is 1. The summed E-state index contributed by atoms with van der Waals surface area (Å²) >= 11 is 6.38. The minimum atomic E-state index is -5.81. The minimum Gasteiger partial charge on any atom is -0.376 e. The highest BCUT2D eigenvalue weighted by molar-refractivity contribution is 7.88. The largest absolute Gasteiger partial charge is 0.534 e. The number of nitrogens with one attached hydrogen (secondary N) is 1. The third-order valence-corrected chi connectivity index (χ3v) is 6.50. The van der Waals surface area contributed by atoms with Crippen molar-refractivity contribution in [2.45, 2.75) is 24.0 Å². The Balaban J connectivity index is 1.68. The maximum Gasteiger partial charge on any atom is 0.534 e. The molecular weight excluding hydrogens is 447 g/mol. The van der Waals surface area contributed by atoms with Crippen molar-refractivity contribution in [2.75, 3.05) is 0 Å². The Labute approximate surface area is 172 Å². The summed E-state index contributed by atoms with van der Waals surface area (Å²) < 4.78 is 66.8. The van der Waals surface area contributed by atoms with Gasteiger partial charge in [0.05, 0.1) is 23.1 Å². The van der Waals surface area contributed by atoms with Crippen LogP contribution in [0.3, 0.4) is 0 Å². The molecule has 3 aromatic rings. The quantitative estimate of drug-likeness (QED) is 0.468. The zero-order valence-electron chi connectivity index (χ0n) is 14.8. The molecule has 0 radical (unpaired) electrons. The number of carbonyl (C=O) groups excluding carboxylic acids is 1. The summed E-state index contributed by atoms with van der Waals surface area (Å²) in [4.78, 5) is 17.1. The number of nitrogens with zero attached hydrogens (tertiary/aromatic N) is 2. The van der Waals surface area contributed by atoms with Crippen LogP contribution in [0.2, 0.25) is 5.02 Å². The summed E-state index contributed by atoms with van der Waals surface area (Å²) in [6.45, 7) is 0. The van der Waals surface area contributed by atoms with Gasteiger partial charge in [0.2, 0.25) is 0 Å². The first-order valence-corrected chi connectivity index (χ1v) is 10.5.